The minimum atomic E-state index is -0.0399. The van der Waals surface area contributed by atoms with E-state index < -0.39 is 0 Å². The second-order valence-corrected chi connectivity index (χ2v) is 7.65. The van der Waals surface area contributed by atoms with Crippen LogP contribution in [0.2, 0.25) is 0 Å². The SMILES string of the molecule is CCC1CCC(O)C(CN2CCCC(C(C)C)CC2)C1. The van der Waals surface area contributed by atoms with E-state index in [0.717, 1.165) is 30.7 Å². The molecule has 0 bridgehead atoms. The summed E-state index contributed by atoms with van der Waals surface area (Å²) in [5.74, 6) is 3.14. The molecule has 2 nitrogen and oxygen atoms in total. The van der Waals surface area contributed by atoms with Crippen LogP contribution >= 0.6 is 0 Å². The number of nitrogens with zero attached hydrogens (tertiary/aromatic N) is 1. The summed E-state index contributed by atoms with van der Waals surface area (Å²) < 4.78 is 0. The van der Waals surface area contributed by atoms with Crippen molar-refractivity contribution < 1.29 is 5.11 Å². The van der Waals surface area contributed by atoms with Gasteiger partial charge in [0.1, 0.15) is 0 Å². The van der Waals surface area contributed by atoms with Crippen LogP contribution in [0.5, 0.6) is 0 Å². The molecule has 1 saturated heterocycles. The predicted molar refractivity (Wildman–Crippen MR) is 85.7 cm³/mol. The van der Waals surface area contributed by atoms with E-state index in [2.05, 4.69) is 25.7 Å². The summed E-state index contributed by atoms with van der Waals surface area (Å²) in [6, 6.07) is 0. The van der Waals surface area contributed by atoms with Crippen LogP contribution in [0.25, 0.3) is 0 Å². The van der Waals surface area contributed by atoms with Gasteiger partial charge in [0.15, 0.2) is 0 Å². The Morgan fingerprint density at radius 1 is 1.10 bits per heavy atom. The standard InChI is InChI=1S/C18H35NO/c1-4-15-7-8-18(20)17(12-15)13-19-10-5-6-16(9-11-19)14(2)3/h14-18,20H,4-13H2,1-3H3. The lowest BCUT2D eigenvalue weighted by molar-refractivity contribution is 0.0270. The summed E-state index contributed by atoms with van der Waals surface area (Å²) in [5, 5.41) is 10.3. The van der Waals surface area contributed by atoms with Gasteiger partial charge in [-0.3, -0.25) is 0 Å². The summed E-state index contributed by atoms with van der Waals surface area (Å²) in [5.41, 5.74) is 0. The van der Waals surface area contributed by atoms with Crippen molar-refractivity contribution in [2.24, 2.45) is 23.7 Å². The average molecular weight is 281 g/mol. The van der Waals surface area contributed by atoms with Crippen molar-refractivity contribution in [2.45, 2.75) is 71.8 Å². The van der Waals surface area contributed by atoms with Crippen molar-refractivity contribution in [3.05, 3.63) is 0 Å². The van der Waals surface area contributed by atoms with Crippen molar-refractivity contribution in [3.8, 4) is 0 Å². The highest BCUT2D eigenvalue weighted by atomic mass is 16.3. The Morgan fingerprint density at radius 2 is 1.90 bits per heavy atom. The monoisotopic (exact) mass is 281 g/mol. The second-order valence-electron chi connectivity index (χ2n) is 7.65. The Morgan fingerprint density at radius 3 is 2.60 bits per heavy atom. The van der Waals surface area contributed by atoms with Gasteiger partial charge in [-0.25, -0.2) is 0 Å². The fourth-order valence-corrected chi connectivity index (χ4v) is 4.27. The zero-order valence-corrected chi connectivity index (χ0v) is 13.9. The van der Waals surface area contributed by atoms with E-state index >= 15 is 0 Å². The summed E-state index contributed by atoms with van der Waals surface area (Å²) in [6.45, 7) is 10.7. The molecule has 0 spiro atoms. The van der Waals surface area contributed by atoms with Crippen LogP contribution in [0.4, 0.5) is 0 Å². The Balaban J connectivity index is 1.82. The van der Waals surface area contributed by atoms with E-state index in [1.54, 1.807) is 0 Å². The lowest BCUT2D eigenvalue weighted by atomic mass is 9.78. The highest BCUT2D eigenvalue weighted by Gasteiger charge is 2.30. The Hall–Kier alpha value is -0.0800. The van der Waals surface area contributed by atoms with E-state index in [4.69, 9.17) is 0 Å². The zero-order valence-electron chi connectivity index (χ0n) is 13.9. The summed E-state index contributed by atoms with van der Waals surface area (Å²) in [4.78, 5) is 2.65. The normalized spacial score (nSPS) is 37.0. The lowest BCUT2D eigenvalue weighted by Gasteiger charge is -2.36. The van der Waals surface area contributed by atoms with Gasteiger partial charge >= 0.3 is 0 Å². The van der Waals surface area contributed by atoms with Gasteiger partial charge in [0, 0.05) is 6.54 Å². The Bertz CT molecular complexity index is 279. The zero-order chi connectivity index (χ0) is 14.5. The Kier molecular flexibility index (Phi) is 6.35. The molecule has 0 amide bonds. The topological polar surface area (TPSA) is 23.5 Å². The number of hydrogen-bond acceptors (Lipinski definition) is 2. The minimum absolute atomic E-state index is 0.0399. The number of hydrogen-bond donors (Lipinski definition) is 1. The molecule has 1 heterocycles. The van der Waals surface area contributed by atoms with Gasteiger partial charge < -0.3 is 10.0 Å². The van der Waals surface area contributed by atoms with E-state index in [9.17, 15) is 5.11 Å². The molecular formula is C18H35NO. The maximum absolute atomic E-state index is 10.3. The van der Waals surface area contributed by atoms with Crippen molar-refractivity contribution in [1.29, 1.82) is 0 Å². The molecule has 4 atom stereocenters. The van der Waals surface area contributed by atoms with Gasteiger partial charge in [-0.15, -0.1) is 0 Å². The molecule has 2 aliphatic rings. The third-order valence-electron chi connectivity index (χ3n) is 5.93. The third kappa shape index (κ3) is 4.46. The number of aliphatic hydroxyl groups is 1. The van der Waals surface area contributed by atoms with Crippen LogP contribution in [0.1, 0.15) is 65.7 Å². The van der Waals surface area contributed by atoms with Gasteiger partial charge in [-0.2, -0.15) is 0 Å². The van der Waals surface area contributed by atoms with E-state index in [1.165, 1.54) is 51.6 Å². The van der Waals surface area contributed by atoms with Crippen LogP contribution < -0.4 is 0 Å². The summed E-state index contributed by atoms with van der Waals surface area (Å²) in [7, 11) is 0. The molecule has 0 aromatic rings. The van der Waals surface area contributed by atoms with E-state index in [0.29, 0.717) is 5.92 Å². The molecule has 2 fully saturated rings. The molecule has 0 aromatic heterocycles. The smallest absolute Gasteiger partial charge is 0.0580 e. The molecule has 0 aromatic carbocycles. The molecule has 4 unspecified atom stereocenters. The average Bonchev–Trinajstić information content (AvgIpc) is 2.67. The molecule has 118 valence electrons. The minimum Gasteiger partial charge on any atom is -0.393 e. The first-order valence-electron chi connectivity index (χ1n) is 9.00. The van der Waals surface area contributed by atoms with Crippen LogP contribution in [-0.4, -0.2) is 35.7 Å². The fraction of sp³-hybridized carbons (Fsp3) is 1.00. The first-order chi connectivity index (χ1) is 9.60. The second kappa shape index (κ2) is 7.79. The number of rotatable bonds is 4. The fourth-order valence-electron chi connectivity index (χ4n) is 4.27. The summed E-state index contributed by atoms with van der Waals surface area (Å²) >= 11 is 0. The molecular weight excluding hydrogens is 246 g/mol. The number of aliphatic hydroxyl groups excluding tert-OH is 1. The van der Waals surface area contributed by atoms with Crippen molar-refractivity contribution in [2.75, 3.05) is 19.6 Å². The van der Waals surface area contributed by atoms with E-state index in [-0.39, 0.29) is 6.10 Å². The maximum atomic E-state index is 10.3. The largest absolute Gasteiger partial charge is 0.393 e. The quantitative estimate of drug-likeness (QED) is 0.844. The van der Waals surface area contributed by atoms with Gasteiger partial charge in [0.05, 0.1) is 6.10 Å². The van der Waals surface area contributed by atoms with Crippen molar-refractivity contribution >= 4 is 0 Å². The van der Waals surface area contributed by atoms with Gasteiger partial charge in [-0.05, 0) is 75.3 Å². The highest BCUT2D eigenvalue weighted by molar-refractivity contribution is 4.83. The molecule has 0 radical (unpaired) electrons. The first kappa shape index (κ1) is 16.3. The highest BCUT2D eigenvalue weighted by Crippen LogP contribution is 2.33. The predicted octanol–water partition coefficient (Wildman–Crippen LogP) is 3.93. The maximum Gasteiger partial charge on any atom is 0.0580 e. The molecule has 1 aliphatic heterocycles. The summed E-state index contributed by atoms with van der Waals surface area (Å²) in [6.07, 6.45) is 8.89. The van der Waals surface area contributed by atoms with Gasteiger partial charge in [0.25, 0.3) is 0 Å². The lowest BCUT2D eigenvalue weighted by Crippen LogP contribution is -2.39. The molecule has 2 heteroatoms. The van der Waals surface area contributed by atoms with Crippen molar-refractivity contribution in [3.63, 3.8) is 0 Å². The van der Waals surface area contributed by atoms with E-state index in [1.807, 2.05) is 0 Å². The third-order valence-corrected chi connectivity index (χ3v) is 5.93. The molecule has 1 N–H and O–H groups in total. The molecule has 2 rings (SSSR count). The molecule has 20 heavy (non-hydrogen) atoms. The van der Waals surface area contributed by atoms with Crippen LogP contribution in [0, 0.1) is 23.7 Å². The number of likely N-dealkylation sites (tertiary alicyclic amines) is 1. The van der Waals surface area contributed by atoms with Gasteiger partial charge in [-0.1, -0.05) is 27.2 Å². The van der Waals surface area contributed by atoms with Gasteiger partial charge in [0.2, 0.25) is 0 Å². The molecule has 1 saturated carbocycles. The molecule has 1 aliphatic carbocycles. The van der Waals surface area contributed by atoms with Crippen molar-refractivity contribution in [1.82, 2.24) is 4.90 Å². The van der Waals surface area contributed by atoms with Crippen LogP contribution in [-0.2, 0) is 0 Å². The van der Waals surface area contributed by atoms with Crippen LogP contribution in [0.15, 0.2) is 0 Å². The Labute approximate surface area is 125 Å². The van der Waals surface area contributed by atoms with Crippen LogP contribution in [0.3, 0.4) is 0 Å². The first-order valence-corrected chi connectivity index (χ1v) is 9.00.